The van der Waals surface area contributed by atoms with E-state index in [1.165, 1.54) is 5.19 Å². The van der Waals surface area contributed by atoms with E-state index in [0.29, 0.717) is 11.1 Å². The fourth-order valence-corrected chi connectivity index (χ4v) is 6.47. The Morgan fingerprint density at radius 2 is 1.47 bits per heavy atom. The third-order valence-electron chi connectivity index (χ3n) is 5.73. The summed E-state index contributed by atoms with van der Waals surface area (Å²) in [6.45, 7) is 13.1. The third-order valence-corrected chi connectivity index (χ3v) is 9.83. The van der Waals surface area contributed by atoms with Crippen molar-refractivity contribution in [1.82, 2.24) is 0 Å². The lowest BCUT2D eigenvalue weighted by Gasteiger charge is -2.20. The maximum absolute atomic E-state index is 15.1. The van der Waals surface area contributed by atoms with Crippen molar-refractivity contribution in [2.24, 2.45) is 7.05 Å². The number of aromatic nitrogens is 1. The maximum Gasteiger partial charge on any atom is 0.212 e. The summed E-state index contributed by atoms with van der Waals surface area (Å²) in [4.78, 5) is 0. The number of rotatable bonds is 4. The average molecular weight is 440 g/mol. The van der Waals surface area contributed by atoms with Crippen LogP contribution in [0, 0.1) is 19.6 Å². The molecular weight excluding hydrogens is 401 g/mol. The maximum atomic E-state index is 15.1. The van der Waals surface area contributed by atoms with Crippen molar-refractivity contribution in [2.45, 2.75) is 53.1 Å². The summed E-state index contributed by atoms with van der Waals surface area (Å²) in [5.74, 6) is -0.246. The van der Waals surface area contributed by atoms with Gasteiger partial charge in [-0.25, -0.2) is 8.96 Å². The summed E-state index contributed by atoms with van der Waals surface area (Å²) in [7, 11) is -1.52. The Hall–Kier alpha value is -2.05. The van der Waals surface area contributed by atoms with Crippen LogP contribution in [0.3, 0.4) is 0 Å². The van der Waals surface area contributed by atoms with Crippen LogP contribution < -0.4 is 14.9 Å². The Morgan fingerprint density at radius 1 is 0.833 bits per heavy atom. The summed E-state index contributed by atoms with van der Waals surface area (Å²) < 4.78 is 41.1. The molecule has 0 bridgehead atoms. The van der Waals surface area contributed by atoms with Gasteiger partial charge in [0, 0.05) is 26.9 Å². The molecular formula is C26H35FNSi2+. The predicted octanol–water partition coefficient (Wildman–Crippen LogP) is 5.69. The molecule has 0 aliphatic heterocycles. The highest BCUT2D eigenvalue weighted by Crippen LogP contribution is 2.30. The van der Waals surface area contributed by atoms with Gasteiger partial charge < -0.3 is 0 Å². The van der Waals surface area contributed by atoms with Crippen LogP contribution in [0.25, 0.3) is 22.4 Å². The van der Waals surface area contributed by atoms with E-state index < -0.39 is 23.0 Å². The van der Waals surface area contributed by atoms with E-state index in [9.17, 15) is 0 Å². The number of hydrogen-bond acceptors (Lipinski definition) is 0. The lowest BCUT2D eigenvalue weighted by atomic mass is 9.96. The highest BCUT2D eigenvalue weighted by Gasteiger charge is 2.25. The highest BCUT2D eigenvalue weighted by molar-refractivity contribution is 6.89. The monoisotopic (exact) mass is 439 g/mol. The molecule has 0 N–H and O–H groups in total. The largest absolute Gasteiger partial charge is 0.212 e. The van der Waals surface area contributed by atoms with E-state index in [4.69, 9.17) is 4.11 Å². The second-order valence-corrected chi connectivity index (χ2v) is 20.4. The molecule has 0 atom stereocenters. The molecule has 1 aromatic heterocycles. The van der Waals surface area contributed by atoms with Crippen LogP contribution >= 0.6 is 0 Å². The van der Waals surface area contributed by atoms with E-state index in [1.807, 2.05) is 42.8 Å². The molecule has 3 rings (SSSR count). The van der Waals surface area contributed by atoms with Gasteiger partial charge in [-0.2, -0.15) is 0 Å². The minimum Gasteiger partial charge on any atom is -0.206 e. The van der Waals surface area contributed by atoms with E-state index in [-0.39, 0.29) is 5.82 Å². The Morgan fingerprint density at radius 3 is 2.00 bits per heavy atom. The molecule has 158 valence electrons. The molecule has 0 fully saturated rings. The second kappa shape index (κ2) is 7.90. The predicted molar refractivity (Wildman–Crippen MR) is 134 cm³/mol. The van der Waals surface area contributed by atoms with E-state index in [0.717, 1.165) is 27.6 Å². The van der Waals surface area contributed by atoms with Crippen molar-refractivity contribution in [1.29, 1.82) is 0 Å². The molecule has 0 aliphatic rings. The first-order valence-corrected chi connectivity index (χ1v) is 17.5. The van der Waals surface area contributed by atoms with Crippen molar-refractivity contribution < 1.29 is 13.1 Å². The Kier molecular flexibility index (Phi) is 4.92. The number of halogens is 1. The van der Waals surface area contributed by atoms with Crippen molar-refractivity contribution in [3.8, 4) is 22.4 Å². The molecule has 1 nitrogen and oxygen atoms in total. The lowest BCUT2D eigenvalue weighted by molar-refractivity contribution is -0.660. The number of hydrogen-bond donors (Lipinski definition) is 0. The summed E-state index contributed by atoms with van der Waals surface area (Å²) in [5.41, 5.74) is 4.47. The molecule has 0 spiro atoms. The number of benzene rings is 2. The molecule has 0 unspecified atom stereocenters. The Bertz CT molecular complexity index is 1190. The molecule has 2 aromatic carbocycles. The van der Waals surface area contributed by atoms with Gasteiger partial charge in [0.1, 0.15) is 12.9 Å². The molecule has 0 aliphatic carbocycles. The van der Waals surface area contributed by atoms with Gasteiger partial charge in [0.2, 0.25) is 5.69 Å². The van der Waals surface area contributed by atoms with Gasteiger partial charge >= 0.3 is 0 Å². The molecule has 1 heterocycles. The second-order valence-electron chi connectivity index (χ2n) is 10.3. The van der Waals surface area contributed by atoms with Gasteiger partial charge in [-0.1, -0.05) is 68.7 Å². The minimum absolute atomic E-state index is 0.246. The third kappa shape index (κ3) is 4.50. The first-order chi connectivity index (χ1) is 15.0. The van der Waals surface area contributed by atoms with Crippen molar-refractivity contribution in [2.75, 3.05) is 0 Å². The van der Waals surface area contributed by atoms with Gasteiger partial charge in [0.05, 0.1) is 16.1 Å². The van der Waals surface area contributed by atoms with Crippen LogP contribution in [-0.2, 0) is 7.05 Å². The summed E-state index contributed by atoms with van der Waals surface area (Å²) in [5, 5.41) is 2.26. The standard InChI is InChI=1S/C26H35FNSi2/c1-18-14-24(27)23(20-10-12-21(13-11-20)29(4,5)6)15-22(18)25-16-26(30(7,8)9)19(2)17-28(25)3/h10-17H,1-9H3/q+1/i2D3. The molecule has 4 heteroatoms. The summed E-state index contributed by atoms with van der Waals surface area (Å²) in [6.07, 6.45) is 1.74. The minimum atomic E-state index is -2.17. The van der Waals surface area contributed by atoms with Crippen molar-refractivity contribution in [3.05, 3.63) is 65.6 Å². The summed E-state index contributed by atoms with van der Waals surface area (Å²) in [6, 6.07) is 13.8. The highest BCUT2D eigenvalue weighted by atomic mass is 28.3. The molecule has 0 amide bonds. The smallest absolute Gasteiger partial charge is 0.206 e. The first kappa shape index (κ1) is 18.7. The molecule has 3 aromatic rings. The topological polar surface area (TPSA) is 3.88 Å². The molecule has 0 saturated heterocycles. The van der Waals surface area contributed by atoms with Gasteiger partial charge in [0.15, 0.2) is 6.20 Å². The van der Waals surface area contributed by atoms with Crippen LogP contribution in [0.4, 0.5) is 4.39 Å². The van der Waals surface area contributed by atoms with E-state index >= 15 is 4.39 Å². The number of aryl methyl sites for hydroxylation is 3. The van der Waals surface area contributed by atoms with Crippen LogP contribution in [0.2, 0.25) is 39.3 Å². The zero-order valence-corrected chi connectivity index (χ0v) is 21.4. The van der Waals surface area contributed by atoms with Gasteiger partial charge in [0.25, 0.3) is 0 Å². The zero-order valence-electron chi connectivity index (χ0n) is 22.4. The molecule has 0 saturated carbocycles. The molecule has 0 radical (unpaired) electrons. The normalized spacial score (nSPS) is 14.2. The van der Waals surface area contributed by atoms with Gasteiger partial charge in [-0.3, -0.25) is 0 Å². The van der Waals surface area contributed by atoms with Gasteiger partial charge in [-0.05, 0) is 42.2 Å². The van der Waals surface area contributed by atoms with Crippen LogP contribution in [0.5, 0.6) is 0 Å². The van der Waals surface area contributed by atoms with Crippen LogP contribution in [0.15, 0.2) is 48.7 Å². The van der Waals surface area contributed by atoms with Crippen molar-refractivity contribution >= 4 is 26.5 Å². The quantitative estimate of drug-likeness (QED) is 0.363. The fourth-order valence-electron chi connectivity index (χ4n) is 3.86. The Labute approximate surface area is 187 Å². The SMILES string of the molecule is [2H]C([2H])([2H])c1c[n+](C)c(-c2cc(-c3ccc([Si](C)(C)C)cc3)c(F)cc2C)cc1[Si](C)(C)C. The van der Waals surface area contributed by atoms with Crippen LogP contribution in [-0.4, -0.2) is 16.1 Å². The van der Waals surface area contributed by atoms with Crippen LogP contribution in [0.1, 0.15) is 15.2 Å². The van der Waals surface area contributed by atoms with E-state index in [1.54, 1.807) is 12.3 Å². The first-order valence-electron chi connectivity index (χ1n) is 12.0. The summed E-state index contributed by atoms with van der Waals surface area (Å²) >= 11 is 0. The molecule has 30 heavy (non-hydrogen) atoms. The fraction of sp³-hybridized carbons (Fsp3) is 0.346. The average Bonchev–Trinajstić information content (AvgIpc) is 2.66. The lowest BCUT2D eigenvalue weighted by Crippen LogP contribution is -2.44. The van der Waals surface area contributed by atoms with Crippen molar-refractivity contribution in [3.63, 3.8) is 0 Å². The zero-order chi connectivity index (χ0) is 24.9. The van der Waals surface area contributed by atoms with Gasteiger partial charge in [-0.15, -0.1) is 0 Å². The number of nitrogens with zero attached hydrogens (tertiary/aromatic N) is 1. The van der Waals surface area contributed by atoms with E-state index in [2.05, 4.69) is 51.4 Å². The number of pyridine rings is 1. The Balaban J connectivity index is 2.22.